The summed E-state index contributed by atoms with van der Waals surface area (Å²) in [6.45, 7) is 8.31. The zero-order valence-electron chi connectivity index (χ0n) is 8.68. The van der Waals surface area contributed by atoms with E-state index in [4.69, 9.17) is 0 Å². The van der Waals surface area contributed by atoms with Crippen molar-refractivity contribution in [3.63, 3.8) is 0 Å². The molecule has 1 unspecified atom stereocenters. The van der Waals surface area contributed by atoms with Crippen LogP contribution >= 0.6 is 0 Å². The minimum absolute atomic E-state index is 0.346. The van der Waals surface area contributed by atoms with Crippen LogP contribution in [0.15, 0.2) is 0 Å². The third-order valence-electron chi connectivity index (χ3n) is 2.86. The molecule has 1 rings (SSSR count). The summed E-state index contributed by atoms with van der Waals surface area (Å²) in [6.07, 6.45) is 4.64. The van der Waals surface area contributed by atoms with Crippen LogP contribution in [0.4, 0.5) is 0 Å². The summed E-state index contributed by atoms with van der Waals surface area (Å²) in [5.74, 6) is 0. The van der Waals surface area contributed by atoms with Crippen molar-refractivity contribution in [1.29, 1.82) is 0 Å². The highest BCUT2D eigenvalue weighted by molar-refractivity contribution is 5.46. The molecular formula is C10H21NO. The topological polar surface area (TPSA) is 29.1 Å². The van der Waals surface area contributed by atoms with Gasteiger partial charge in [0.25, 0.3) is 0 Å². The largest absolute Gasteiger partial charge is 0.356 e. The Morgan fingerprint density at radius 3 is 2.17 bits per heavy atom. The first kappa shape index (κ1) is 11.5. The Balaban J connectivity index is 0.000000561. The van der Waals surface area contributed by atoms with Crippen molar-refractivity contribution in [2.45, 2.75) is 53.0 Å². The predicted molar refractivity (Wildman–Crippen MR) is 52.0 cm³/mol. The number of amides is 1. The maximum atomic E-state index is 10.1. The first-order valence-corrected chi connectivity index (χ1v) is 4.89. The van der Waals surface area contributed by atoms with Crippen LogP contribution in [-0.4, -0.2) is 12.5 Å². The fourth-order valence-corrected chi connectivity index (χ4v) is 1.47. The van der Waals surface area contributed by atoms with Gasteiger partial charge in [0.15, 0.2) is 0 Å². The summed E-state index contributed by atoms with van der Waals surface area (Å²) >= 11 is 0. The predicted octanol–water partition coefficient (Wildman–Crippen LogP) is 2.34. The van der Waals surface area contributed by atoms with Gasteiger partial charge in [-0.15, -0.1) is 0 Å². The molecule has 0 saturated heterocycles. The van der Waals surface area contributed by atoms with E-state index in [0.29, 0.717) is 11.5 Å². The van der Waals surface area contributed by atoms with Crippen molar-refractivity contribution in [2.75, 3.05) is 0 Å². The normalized spacial score (nSPS) is 21.0. The van der Waals surface area contributed by atoms with E-state index in [1.165, 1.54) is 19.3 Å². The monoisotopic (exact) mass is 171 g/mol. The van der Waals surface area contributed by atoms with E-state index in [9.17, 15) is 4.79 Å². The Bertz CT molecular complexity index is 130. The molecule has 0 bridgehead atoms. The van der Waals surface area contributed by atoms with E-state index in [2.05, 4.69) is 19.2 Å². The fourth-order valence-electron chi connectivity index (χ4n) is 1.47. The molecule has 72 valence electrons. The minimum atomic E-state index is 0.346. The van der Waals surface area contributed by atoms with E-state index < -0.39 is 0 Å². The lowest BCUT2D eigenvalue weighted by molar-refractivity contribution is -0.111. The first-order valence-electron chi connectivity index (χ1n) is 4.89. The molecule has 1 fully saturated rings. The van der Waals surface area contributed by atoms with Crippen molar-refractivity contribution >= 4 is 6.41 Å². The summed E-state index contributed by atoms with van der Waals surface area (Å²) < 4.78 is 0. The van der Waals surface area contributed by atoms with Gasteiger partial charge in [0.05, 0.1) is 0 Å². The Morgan fingerprint density at radius 1 is 1.42 bits per heavy atom. The van der Waals surface area contributed by atoms with Gasteiger partial charge in [-0.3, -0.25) is 4.79 Å². The van der Waals surface area contributed by atoms with Crippen LogP contribution in [0.5, 0.6) is 0 Å². The van der Waals surface area contributed by atoms with Gasteiger partial charge in [0.2, 0.25) is 6.41 Å². The standard InChI is InChI=1S/C8H15NO.C2H6/c1-7(9-6-10)8(2)4-3-5-8;1-2/h6-7H,3-5H2,1-2H3,(H,9,10);1-2H3. The Hall–Kier alpha value is -0.530. The second-order valence-electron chi connectivity index (χ2n) is 3.51. The maximum Gasteiger partial charge on any atom is 0.207 e. The van der Waals surface area contributed by atoms with Crippen LogP contribution in [0.2, 0.25) is 0 Å². The number of carbonyl (C=O) groups excluding carboxylic acids is 1. The first-order chi connectivity index (χ1) is 5.69. The van der Waals surface area contributed by atoms with Gasteiger partial charge in [-0.2, -0.15) is 0 Å². The highest BCUT2D eigenvalue weighted by Gasteiger charge is 2.36. The van der Waals surface area contributed by atoms with Crippen LogP contribution < -0.4 is 5.32 Å². The minimum Gasteiger partial charge on any atom is -0.356 e. The van der Waals surface area contributed by atoms with Crippen molar-refractivity contribution in [3.05, 3.63) is 0 Å². The molecule has 0 aromatic heterocycles. The molecule has 0 aromatic rings. The van der Waals surface area contributed by atoms with Crippen molar-refractivity contribution < 1.29 is 4.79 Å². The lowest BCUT2D eigenvalue weighted by atomic mass is 9.66. The fraction of sp³-hybridized carbons (Fsp3) is 0.900. The molecular weight excluding hydrogens is 150 g/mol. The van der Waals surface area contributed by atoms with Crippen LogP contribution in [-0.2, 0) is 4.79 Å². The van der Waals surface area contributed by atoms with Crippen LogP contribution in [0.1, 0.15) is 47.0 Å². The van der Waals surface area contributed by atoms with E-state index in [1.54, 1.807) is 0 Å². The highest BCUT2D eigenvalue weighted by Crippen LogP contribution is 2.42. The summed E-state index contributed by atoms with van der Waals surface area (Å²) in [5.41, 5.74) is 0.390. The summed E-state index contributed by atoms with van der Waals surface area (Å²) in [6, 6.07) is 0.346. The molecule has 0 spiro atoms. The van der Waals surface area contributed by atoms with Crippen molar-refractivity contribution in [2.24, 2.45) is 5.41 Å². The van der Waals surface area contributed by atoms with Gasteiger partial charge in [-0.05, 0) is 25.2 Å². The molecule has 0 radical (unpaired) electrons. The zero-order valence-corrected chi connectivity index (χ0v) is 8.68. The number of hydrogen-bond acceptors (Lipinski definition) is 1. The van der Waals surface area contributed by atoms with Crippen LogP contribution in [0.3, 0.4) is 0 Å². The van der Waals surface area contributed by atoms with Gasteiger partial charge in [0, 0.05) is 6.04 Å². The Labute approximate surface area is 75.7 Å². The Kier molecular flexibility index (Phi) is 4.95. The molecule has 0 aromatic carbocycles. The van der Waals surface area contributed by atoms with Crippen molar-refractivity contribution in [3.8, 4) is 0 Å². The third-order valence-corrected chi connectivity index (χ3v) is 2.86. The lowest BCUT2D eigenvalue weighted by Crippen LogP contribution is -2.45. The lowest BCUT2D eigenvalue weighted by Gasteiger charge is -2.43. The zero-order chi connectivity index (χ0) is 9.61. The summed E-state index contributed by atoms with van der Waals surface area (Å²) in [4.78, 5) is 10.1. The number of hydrogen-bond donors (Lipinski definition) is 1. The molecule has 2 nitrogen and oxygen atoms in total. The summed E-state index contributed by atoms with van der Waals surface area (Å²) in [7, 11) is 0. The van der Waals surface area contributed by atoms with Gasteiger partial charge >= 0.3 is 0 Å². The molecule has 2 heteroatoms. The molecule has 12 heavy (non-hydrogen) atoms. The second-order valence-corrected chi connectivity index (χ2v) is 3.51. The van der Waals surface area contributed by atoms with Gasteiger partial charge in [0.1, 0.15) is 0 Å². The Morgan fingerprint density at radius 2 is 1.92 bits per heavy atom. The molecule has 0 aliphatic heterocycles. The molecule has 1 atom stereocenters. The van der Waals surface area contributed by atoms with Gasteiger partial charge in [-0.1, -0.05) is 27.2 Å². The third kappa shape index (κ3) is 2.50. The SMILES string of the molecule is CC.CC(NC=O)C1(C)CCC1. The second kappa shape index (κ2) is 5.18. The summed E-state index contributed by atoms with van der Waals surface area (Å²) in [5, 5.41) is 2.81. The maximum absolute atomic E-state index is 10.1. The molecule has 1 aliphatic carbocycles. The van der Waals surface area contributed by atoms with Crippen LogP contribution in [0, 0.1) is 5.41 Å². The molecule has 1 amide bonds. The average molecular weight is 171 g/mol. The number of nitrogens with one attached hydrogen (secondary N) is 1. The van der Waals surface area contributed by atoms with E-state index >= 15 is 0 Å². The number of carbonyl (C=O) groups is 1. The van der Waals surface area contributed by atoms with E-state index in [0.717, 1.165) is 6.41 Å². The highest BCUT2D eigenvalue weighted by atomic mass is 16.1. The van der Waals surface area contributed by atoms with Gasteiger partial charge in [-0.25, -0.2) is 0 Å². The van der Waals surface area contributed by atoms with E-state index in [1.807, 2.05) is 13.8 Å². The molecule has 1 aliphatic rings. The molecule has 1 saturated carbocycles. The smallest absolute Gasteiger partial charge is 0.207 e. The molecule has 0 heterocycles. The van der Waals surface area contributed by atoms with Crippen LogP contribution in [0.25, 0.3) is 0 Å². The number of rotatable bonds is 3. The quantitative estimate of drug-likeness (QED) is 0.649. The van der Waals surface area contributed by atoms with Crippen molar-refractivity contribution in [1.82, 2.24) is 5.32 Å². The molecule has 1 N–H and O–H groups in total. The van der Waals surface area contributed by atoms with E-state index in [-0.39, 0.29) is 0 Å². The average Bonchev–Trinajstić information content (AvgIpc) is 2.04. The van der Waals surface area contributed by atoms with Gasteiger partial charge < -0.3 is 5.32 Å².